The summed E-state index contributed by atoms with van der Waals surface area (Å²) in [5.41, 5.74) is 15.5. The summed E-state index contributed by atoms with van der Waals surface area (Å²) < 4.78 is 21.6. The first-order chi connectivity index (χ1) is 41.0. The third-order valence-corrected chi connectivity index (χ3v) is 18.4. The van der Waals surface area contributed by atoms with Crippen LogP contribution in [0.15, 0.2) is 72.8 Å². The lowest BCUT2D eigenvalue weighted by atomic mass is 9.79. The molecule has 2 saturated carbocycles. The number of hydrogen-bond acceptors (Lipinski definition) is 13. The Hall–Kier alpha value is -5.26. The van der Waals surface area contributed by atoms with E-state index in [0.29, 0.717) is 62.2 Å². The molecule has 2 heterocycles. The fourth-order valence-electron chi connectivity index (χ4n) is 14.9. The van der Waals surface area contributed by atoms with Crippen molar-refractivity contribution in [2.24, 2.45) is 5.73 Å². The van der Waals surface area contributed by atoms with Gasteiger partial charge < -0.3 is 65.3 Å². The maximum atomic E-state index is 14.1. The second-order valence-corrected chi connectivity index (χ2v) is 28.3. The number of methoxy groups -OCH3 is 2. The van der Waals surface area contributed by atoms with E-state index in [9.17, 15) is 14.7 Å². The Kier molecular flexibility index (Phi) is 25.6. The van der Waals surface area contributed by atoms with Gasteiger partial charge >= 0.3 is 5.97 Å². The minimum Gasteiger partial charge on any atom is -0.491 e. The molecule has 15 heteroatoms. The first-order valence-electron chi connectivity index (χ1n) is 32.5. The van der Waals surface area contributed by atoms with E-state index in [-0.39, 0.29) is 34.1 Å². The normalized spacial score (nSPS) is 21.6. The van der Waals surface area contributed by atoms with Gasteiger partial charge in [0.25, 0.3) is 5.91 Å². The van der Waals surface area contributed by atoms with Crippen LogP contribution in [-0.4, -0.2) is 167 Å². The van der Waals surface area contributed by atoms with Gasteiger partial charge in [-0.3, -0.25) is 4.79 Å². The fraction of sp³-hybridized carbons (Fsp3) is 0.639. The van der Waals surface area contributed by atoms with Gasteiger partial charge in [0.05, 0.1) is 18.8 Å². The number of nitrogens with two attached hydrogens (primary N) is 1. The molecule has 1 amide bonds. The minimum absolute atomic E-state index is 0.0194. The van der Waals surface area contributed by atoms with Crippen molar-refractivity contribution in [2.75, 3.05) is 91.7 Å². The number of carboxylic acid groups (broad SMARTS) is 1. The van der Waals surface area contributed by atoms with E-state index in [2.05, 4.69) is 170 Å². The number of carbonyl (C=O) groups is 2. The first kappa shape index (κ1) is 70.8. The lowest BCUT2D eigenvalue weighted by Gasteiger charge is -2.46. The number of piperidine rings is 2. The predicted molar refractivity (Wildman–Crippen MR) is 361 cm³/mol. The summed E-state index contributed by atoms with van der Waals surface area (Å²) >= 11 is 0. The lowest BCUT2D eigenvalue weighted by Crippen LogP contribution is -2.62. The molecule has 4 aromatic rings. The standard InChI is InChI=1S/C36H56N4O3.C27H38N2O4.C9H20N2/c1-10-40(30-15-13-29(14-16-30)39(7)8)33-22-27(26-11-17-31(18-12-26)43-20-19-42-9)21-32(25(33)2)34(41)37-28-23-35(3,4)38-36(5,6)24-28;1-6-29(23-11-9-22(10-12-23)28(3)4)26-18-21(17-25(19(26)2)27(30)31)20-7-13-24(14-8-20)33-16-15-32-5;1-8(2)5-7(10)6-9(3,4)11-8/h11-12,17-18,21-22,28-30,38H,10,13-16,19-20,23-24H2,1-9H3,(H,37,41);7-8,13-14,17-18,22-23H,6,9-12,15-16H2,1-5H3,(H,30,31);7,11H,5-6,10H2,1-4H3. The Morgan fingerprint density at radius 2 is 0.874 bits per heavy atom. The number of aromatic carboxylic acids is 1. The van der Waals surface area contributed by atoms with E-state index < -0.39 is 5.97 Å². The molecule has 4 aliphatic rings. The zero-order chi connectivity index (χ0) is 64.0. The smallest absolute Gasteiger partial charge is 0.336 e. The van der Waals surface area contributed by atoms with Gasteiger partial charge in [-0.2, -0.15) is 0 Å². The van der Waals surface area contributed by atoms with Crippen molar-refractivity contribution in [3.05, 3.63) is 95.1 Å². The number of nitrogens with zero attached hydrogens (tertiary/aromatic N) is 4. The third kappa shape index (κ3) is 20.4. The molecule has 8 rings (SSSR count). The molecule has 4 aromatic carbocycles. The van der Waals surface area contributed by atoms with Crippen LogP contribution in [0.1, 0.15) is 178 Å². The van der Waals surface area contributed by atoms with Crippen molar-refractivity contribution in [3.63, 3.8) is 0 Å². The number of anilines is 2. The van der Waals surface area contributed by atoms with E-state index >= 15 is 0 Å². The molecule has 0 atom stereocenters. The predicted octanol–water partition coefficient (Wildman–Crippen LogP) is 12.8. The first-order valence-corrected chi connectivity index (χ1v) is 32.5. The quantitative estimate of drug-likeness (QED) is 0.0500. The summed E-state index contributed by atoms with van der Waals surface area (Å²) in [5, 5.41) is 20.7. The Balaban J connectivity index is 0.000000242. The van der Waals surface area contributed by atoms with Crippen molar-refractivity contribution < 1.29 is 33.6 Å². The average Bonchev–Trinajstić information content (AvgIpc) is 1.12. The summed E-state index contributed by atoms with van der Waals surface area (Å²) in [7, 11) is 12.0. The van der Waals surface area contributed by atoms with Crippen LogP contribution < -0.4 is 41.0 Å². The number of carboxylic acids is 1. The maximum absolute atomic E-state index is 14.1. The van der Waals surface area contributed by atoms with Crippen molar-refractivity contribution in [1.29, 1.82) is 0 Å². The molecule has 0 aromatic heterocycles. The molecule has 0 spiro atoms. The second-order valence-electron chi connectivity index (χ2n) is 28.3. The highest BCUT2D eigenvalue weighted by Crippen LogP contribution is 2.39. The van der Waals surface area contributed by atoms with Crippen LogP contribution in [0.4, 0.5) is 11.4 Å². The Morgan fingerprint density at radius 1 is 0.529 bits per heavy atom. The molecule has 87 heavy (non-hydrogen) atoms. The van der Waals surface area contributed by atoms with Crippen LogP contribution in [0.2, 0.25) is 0 Å². The number of hydrogen-bond donors (Lipinski definition) is 5. The van der Waals surface area contributed by atoms with Gasteiger partial charge in [0.1, 0.15) is 24.7 Å². The van der Waals surface area contributed by atoms with Gasteiger partial charge in [0, 0.05) is 103 Å². The van der Waals surface area contributed by atoms with E-state index in [4.69, 9.17) is 24.7 Å². The van der Waals surface area contributed by atoms with Gasteiger partial charge in [0.2, 0.25) is 0 Å². The molecule has 2 saturated heterocycles. The number of ether oxygens (including phenoxy) is 4. The molecule has 0 radical (unpaired) electrons. The SMILES string of the molecule is CC1(C)CC(N)CC(C)(C)N1.CCN(c1cc(-c2ccc(OCCOC)cc2)cc(C(=O)NC2CC(C)(C)NC(C)(C)C2)c1C)C1CCC(N(C)C)CC1.CCN(c1cc(-c2ccc(OCCOC)cc2)cc(C(=O)O)c1C)C1CCC(N(C)C)CC1. The van der Waals surface area contributed by atoms with Gasteiger partial charge in [-0.25, -0.2) is 4.79 Å². The molecule has 15 nitrogen and oxygen atoms in total. The van der Waals surface area contributed by atoms with Gasteiger partial charge in [0.15, 0.2) is 0 Å². The van der Waals surface area contributed by atoms with Gasteiger partial charge in [-0.05, 0) is 270 Å². The number of carbonyl (C=O) groups excluding carboxylic acids is 1. The van der Waals surface area contributed by atoms with Crippen LogP contribution in [0.3, 0.4) is 0 Å². The average molecular weight is 1200 g/mol. The van der Waals surface area contributed by atoms with E-state index in [1.165, 1.54) is 31.4 Å². The Morgan fingerprint density at radius 3 is 1.21 bits per heavy atom. The fourth-order valence-corrected chi connectivity index (χ4v) is 14.9. The minimum atomic E-state index is -0.887. The molecule has 2 aliphatic heterocycles. The summed E-state index contributed by atoms with van der Waals surface area (Å²) in [5.74, 6) is 0.720. The Labute approximate surface area is 525 Å². The Bertz CT molecular complexity index is 2770. The molecule has 4 fully saturated rings. The summed E-state index contributed by atoms with van der Waals surface area (Å²) in [6, 6.07) is 27.0. The number of rotatable bonds is 21. The highest BCUT2D eigenvalue weighted by atomic mass is 16.5. The van der Waals surface area contributed by atoms with Gasteiger partial charge in [-0.15, -0.1) is 0 Å². The highest BCUT2D eigenvalue weighted by Gasteiger charge is 2.39. The summed E-state index contributed by atoms with van der Waals surface area (Å²) in [6.45, 7) is 30.1. The van der Waals surface area contributed by atoms with Crippen molar-refractivity contribution in [3.8, 4) is 33.8 Å². The van der Waals surface area contributed by atoms with Crippen molar-refractivity contribution >= 4 is 23.3 Å². The third-order valence-electron chi connectivity index (χ3n) is 18.4. The van der Waals surface area contributed by atoms with E-state index in [1.807, 2.05) is 43.3 Å². The topological polar surface area (TPSA) is 166 Å². The van der Waals surface area contributed by atoms with Crippen molar-refractivity contribution in [2.45, 2.75) is 219 Å². The molecular formula is C72H114N8O7. The van der Waals surface area contributed by atoms with Crippen LogP contribution >= 0.6 is 0 Å². The van der Waals surface area contributed by atoms with Crippen molar-refractivity contribution in [1.82, 2.24) is 25.8 Å². The number of nitrogens with one attached hydrogen (secondary N) is 3. The molecule has 0 unspecified atom stereocenters. The summed E-state index contributed by atoms with van der Waals surface area (Å²) in [6.07, 6.45) is 13.3. The van der Waals surface area contributed by atoms with Crippen LogP contribution in [-0.2, 0) is 9.47 Å². The zero-order valence-corrected chi connectivity index (χ0v) is 56.9. The summed E-state index contributed by atoms with van der Waals surface area (Å²) in [4.78, 5) is 35.9. The van der Waals surface area contributed by atoms with Crippen LogP contribution in [0, 0.1) is 13.8 Å². The van der Waals surface area contributed by atoms with Gasteiger partial charge in [-0.1, -0.05) is 24.3 Å². The molecule has 0 bridgehead atoms. The molecule has 6 N–H and O–H groups in total. The molecular weight excluding hydrogens is 1090 g/mol. The molecule has 484 valence electrons. The lowest BCUT2D eigenvalue weighted by molar-refractivity contribution is 0.0695. The largest absolute Gasteiger partial charge is 0.491 e. The monoisotopic (exact) mass is 1200 g/mol. The van der Waals surface area contributed by atoms with Crippen LogP contribution in [0.25, 0.3) is 22.3 Å². The van der Waals surface area contributed by atoms with E-state index in [0.717, 1.165) is 121 Å². The maximum Gasteiger partial charge on any atom is 0.336 e. The number of benzene rings is 4. The van der Waals surface area contributed by atoms with E-state index in [1.54, 1.807) is 20.3 Å². The second kappa shape index (κ2) is 31.5. The zero-order valence-electron chi connectivity index (χ0n) is 56.9. The molecule has 2 aliphatic carbocycles. The number of amides is 1. The highest BCUT2D eigenvalue weighted by molar-refractivity contribution is 5.99. The van der Waals surface area contributed by atoms with Crippen LogP contribution in [0.5, 0.6) is 11.5 Å².